The van der Waals surface area contributed by atoms with E-state index in [-0.39, 0.29) is 22.0 Å². The first-order chi connectivity index (χ1) is 14.2. The maximum atomic E-state index is 11.3. The van der Waals surface area contributed by atoms with Gasteiger partial charge in [0.15, 0.2) is 0 Å². The fourth-order valence-corrected chi connectivity index (χ4v) is 3.59. The Balaban J connectivity index is 4.27. The van der Waals surface area contributed by atoms with Crippen molar-refractivity contribution in [3.8, 4) is 0 Å². The predicted octanol–water partition coefficient (Wildman–Crippen LogP) is 3.13. The van der Waals surface area contributed by atoms with E-state index in [1.165, 1.54) is 0 Å². The van der Waals surface area contributed by atoms with Gasteiger partial charge in [0.1, 0.15) is 0 Å². The summed E-state index contributed by atoms with van der Waals surface area (Å²) in [6.07, 6.45) is 5.39. The molecule has 0 heterocycles. The van der Waals surface area contributed by atoms with E-state index < -0.39 is 24.0 Å². The van der Waals surface area contributed by atoms with Crippen molar-refractivity contribution in [3.63, 3.8) is 0 Å². The van der Waals surface area contributed by atoms with Crippen LogP contribution in [-0.2, 0) is 9.59 Å². The SMILES string of the molecule is CC(C)(CCC(O)CCCC(O)CCC(C)(C)C/C(=C/O)C(N)=O)C/C(=C/O)C(N)=O. The summed E-state index contributed by atoms with van der Waals surface area (Å²) in [6, 6.07) is 0. The van der Waals surface area contributed by atoms with Gasteiger partial charge in [-0.3, -0.25) is 9.59 Å². The largest absolute Gasteiger partial charge is 0.515 e. The zero-order chi connectivity index (χ0) is 24.2. The smallest absolute Gasteiger partial charge is 0.247 e. The minimum Gasteiger partial charge on any atom is -0.515 e. The summed E-state index contributed by atoms with van der Waals surface area (Å²) in [4.78, 5) is 22.5. The van der Waals surface area contributed by atoms with E-state index in [2.05, 4.69) is 0 Å². The third-order valence-electron chi connectivity index (χ3n) is 5.67. The van der Waals surface area contributed by atoms with Crippen LogP contribution in [-0.4, -0.2) is 44.4 Å². The van der Waals surface area contributed by atoms with Crippen LogP contribution in [0.1, 0.15) is 85.5 Å². The van der Waals surface area contributed by atoms with Crippen molar-refractivity contribution in [2.24, 2.45) is 22.3 Å². The number of carbonyl (C=O) groups excluding carboxylic acids is 2. The highest BCUT2D eigenvalue weighted by atomic mass is 16.3. The first kappa shape index (κ1) is 28.9. The van der Waals surface area contributed by atoms with Crippen molar-refractivity contribution in [2.75, 3.05) is 0 Å². The van der Waals surface area contributed by atoms with Crippen LogP contribution in [0, 0.1) is 10.8 Å². The van der Waals surface area contributed by atoms with Crippen LogP contribution in [0.15, 0.2) is 23.7 Å². The van der Waals surface area contributed by atoms with E-state index in [9.17, 15) is 19.8 Å². The Kier molecular flexibility index (Phi) is 12.5. The van der Waals surface area contributed by atoms with Gasteiger partial charge in [-0.15, -0.1) is 0 Å². The number of amides is 2. The van der Waals surface area contributed by atoms with Gasteiger partial charge in [0, 0.05) is 0 Å². The lowest BCUT2D eigenvalue weighted by molar-refractivity contribution is -0.115. The van der Waals surface area contributed by atoms with Gasteiger partial charge in [-0.05, 0) is 68.6 Å². The van der Waals surface area contributed by atoms with Gasteiger partial charge < -0.3 is 31.9 Å². The molecule has 0 aliphatic heterocycles. The van der Waals surface area contributed by atoms with E-state index in [1.807, 2.05) is 27.7 Å². The summed E-state index contributed by atoms with van der Waals surface area (Å²) in [5, 5.41) is 38.7. The summed E-state index contributed by atoms with van der Waals surface area (Å²) in [5.74, 6) is -1.29. The topological polar surface area (TPSA) is 167 Å². The van der Waals surface area contributed by atoms with Crippen molar-refractivity contribution >= 4 is 11.8 Å². The Morgan fingerprint density at radius 3 is 1.32 bits per heavy atom. The van der Waals surface area contributed by atoms with Crippen LogP contribution < -0.4 is 11.5 Å². The molecule has 2 unspecified atom stereocenters. The van der Waals surface area contributed by atoms with Crippen LogP contribution in [0.4, 0.5) is 0 Å². The summed E-state index contributed by atoms with van der Waals surface area (Å²) in [7, 11) is 0. The fraction of sp³-hybridized carbons (Fsp3) is 0.739. The first-order valence-electron chi connectivity index (χ1n) is 10.9. The molecule has 0 rings (SSSR count). The third kappa shape index (κ3) is 13.1. The Labute approximate surface area is 186 Å². The standard InChI is InChI=1S/C23H42N2O6/c1-22(2,12-16(14-26)20(24)30)10-8-18(28)6-5-7-19(29)9-11-23(3,4)13-17(15-27)21(25)31/h14-15,18-19,26-29H,5-13H2,1-4H3,(H2,24,30)(H2,25,31)/b16-14-,17-15-. The van der Waals surface area contributed by atoms with Crippen LogP contribution in [0.5, 0.6) is 0 Å². The zero-order valence-electron chi connectivity index (χ0n) is 19.4. The lowest BCUT2D eigenvalue weighted by Crippen LogP contribution is -2.23. The molecule has 0 aromatic rings. The van der Waals surface area contributed by atoms with Gasteiger partial charge in [0.25, 0.3) is 0 Å². The number of aliphatic hydroxyl groups excluding tert-OH is 4. The molecule has 180 valence electrons. The average Bonchev–Trinajstić information content (AvgIpc) is 2.67. The molecular formula is C23H42N2O6. The number of hydrogen-bond donors (Lipinski definition) is 6. The van der Waals surface area contributed by atoms with Crippen molar-refractivity contribution < 1.29 is 30.0 Å². The molecule has 8 heteroatoms. The van der Waals surface area contributed by atoms with Gasteiger partial charge in [-0.2, -0.15) is 0 Å². The van der Waals surface area contributed by atoms with E-state index in [0.717, 1.165) is 12.5 Å². The Bertz CT molecular complexity index is 586. The lowest BCUT2D eigenvalue weighted by Gasteiger charge is -2.27. The zero-order valence-corrected chi connectivity index (χ0v) is 19.4. The molecule has 0 aliphatic carbocycles. The molecule has 0 aliphatic rings. The molecule has 31 heavy (non-hydrogen) atoms. The molecule has 8 N–H and O–H groups in total. The minimum atomic E-state index is -0.647. The highest BCUT2D eigenvalue weighted by Gasteiger charge is 2.25. The summed E-state index contributed by atoms with van der Waals surface area (Å²) < 4.78 is 0. The highest BCUT2D eigenvalue weighted by Crippen LogP contribution is 2.33. The molecule has 0 saturated carbocycles. The highest BCUT2D eigenvalue weighted by molar-refractivity contribution is 5.92. The molecule has 0 bridgehead atoms. The second kappa shape index (κ2) is 13.4. The molecular weight excluding hydrogens is 400 g/mol. The van der Waals surface area contributed by atoms with Gasteiger partial charge in [-0.25, -0.2) is 0 Å². The molecule has 0 fully saturated rings. The van der Waals surface area contributed by atoms with Crippen LogP contribution in [0.3, 0.4) is 0 Å². The first-order valence-corrected chi connectivity index (χ1v) is 10.9. The maximum Gasteiger partial charge on any atom is 0.247 e. The number of nitrogens with two attached hydrogens (primary N) is 2. The normalized spacial score (nSPS) is 15.5. The maximum absolute atomic E-state index is 11.3. The van der Waals surface area contributed by atoms with Crippen molar-refractivity contribution in [1.82, 2.24) is 0 Å². The van der Waals surface area contributed by atoms with E-state index in [0.29, 0.717) is 57.8 Å². The average molecular weight is 443 g/mol. The van der Waals surface area contributed by atoms with Gasteiger partial charge in [0.05, 0.1) is 35.9 Å². The molecule has 2 atom stereocenters. The number of carbonyl (C=O) groups is 2. The second-order valence-electron chi connectivity index (χ2n) is 10.0. The molecule has 0 spiro atoms. The molecule has 2 amide bonds. The number of hydrogen-bond acceptors (Lipinski definition) is 6. The van der Waals surface area contributed by atoms with E-state index >= 15 is 0 Å². The number of primary amides is 2. The molecule has 0 aromatic carbocycles. The molecule has 0 saturated heterocycles. The van der Waals surface area contributed by atoms with Crippen molar-refractivity contribution in [1.29, 1.82) is 0 Å². The van der Waals surface area contributed by atoms with E-state index in [4.69, 9.17) is 21.7 Å². The van der Waals surface area contributed by atoms with Crippen LogP contribution >= 0.6 is 0 Å². The second-order valence-corrected chi connectivity index (χ2v) is 10.0. The van der Waals surface area contributed by atoms with Crippen LogP contribution in [0.2, 0.25) is 0 Å². The lowest BCUT2D eigenvalue weighted by atomic mass is 9.80. The van der Waals surface area contributed by atoms with Crippen molar-refractivity contribution in [2.45, 2.75) is 97.7 Å². The predicted molar refractivity (Wildman–Crippen MR) is 121 cm³/mol. The van der Waals surface area contributed by atoms with Gasteiger partial charge in [-0.1, -0.05) is 27.7 Å². The van der Waals surface area contributed by atoms with E-state index in [1.54, 1.807) is 0 Å². The molecule has 8 nitrogen and oxygen atoms in total. The Morgan fingerprint density at radius 1 is 0.742 bits per heavy atom. The number of rotatable bonds is 16. The van der Waals surface area contributed by atoms with Crippen LogP contribution in [0.25, 0.3) is 0 Å². The summed E-state index contributed by atoms with van der Waals surface area (Å²) in [5.41, 5.74) is 10.2. The Morgan fingerprint density at radius 2 is 1.06 bits per heavy atom. The Hall–Kier alpha value is -2.06. The monoisotopic (exact) mass is 442 g/mol. The fourth-order valence-electron chi connectivity index (χ4n) is 3.59. The van der Waals surface area contributed by atoms with Gasteiger partial charge >= 0.3 is 0 Å². The molecule has 0 aromatic heterocycles. The van der Waals surface area contributed by atoms with Crippen molar-refractivity contribution in [3.05, 3.63) is 23.7 Å². The van der Waals surface area contributed by atoms with Gasteiger partial charge in [0.2, 0.25) is 11.8 Å². The molecule has 0 radical (unpaired) electrons. The summed E-state index contributed by atoms with van der Waals surface area (Å²) in [6.45, 7) is 7.81. The number of aliphatic hydroxyl groups is 4. The quantitative estimate of drug-likeness (QED) is 0.159. The minimum absolute atomic E-state index is 0.169. The third-order valence-corrected chi connectivity index (χ3v) is 5.67. The summed E-state index contributed by atoms with van der Waals surface area (Å²) >= 11 is 0.